The van der Waals surface area contributed by atoms with E-state index < -0.39 is 17.9 Å². The Morgan fingerprint density at radius 2 is 2.15 bits per heavy atom. The third-order valence-corrected chi connectivity index (χ3v) is 2.28. The number of aromatic nitrogens is 1. The Morgan fingerprint density at radius 1 is 1.54 bits per heavy atom. The Labute approximate surface area is 86.0 Å². The number of hydrogen-bond acceptors (Lipinski definition) is 1. The van der Waals surface area contributed by atoms with Crippen LogP contribution in [0.15, 0.2) is 6.07 Å². The minimum absolute atomic E-state index is 0.0805. The van der Waals surface area contributed by atoms with Crippen LogP contribution in [0.4, 0.5) is 13.2 Å². The van der Waals surface area contributed by atoms with Crippen LogP contribution in [-0.2, 0) is 5.33 Å². The van der Waals surface area contributed by atoms with Crippen molar-refractivity contribution in [2.75, 3.05) is 0 Å². The molecule has 1 aromatic heterocycles. The van der Waals surface area contributed by atoms with Gasteiger partial charge in [-0.15, -0.1) is 0 Å². The monoisotopic (exact) mass is 273 g/mol. The van der Waals surface area contributed by atoms with Crippen LogP contribution in [0, 0.1) is 5.82 Å². The summed E-state index contributed by atoms with van der Waals surface area (Å²) in [7, 11) is 0. The SMILES string of the molecule is Fc1cc(C(F)F)nc(CBr)c1Cl. The fourth-order valence-electron chi connectivity index (χ4n) is 0.769. The highest BCUT2D eigenvalue weighted by atomic mass is 79.9. The van der Waals surface area contributed by atoms with Gasteiger partial charge in [-0.05, 0) is 0 Å². The molecule has 1 nitrogen and oxygen atoms in total. The van der Waals surface area contributed by atoms with Gasteiger partial charge in [0.1, 0.15) is 11.5 Å². The fraction of sp³-hybridized carbons (Fsp3) is 0.286. The third-order valence-electron chi connectivity index (χ3n) is 1.35. The normalized spacial score (nSPS) is 10.9. The molecule has 0 fully saturated rings. The van der Waals surface area contributed by atoms with Crippen molar-refractivity contribution in [2.24, 2.45) is 0 Å². The van der Waals surface area contributed by atoms with Gasteiger partial charge >= 0.3 is 0 Å². The van der Waals surface area contributed by atoms with E-state index in [1.807, 2.05) is 0 Å². The highest BCUT2D eigenvalue weighted by Crippen LogP contribution is 2.25. The van der Waals surface area contributed by atoms with Crippen LogP contribution in [0.1, 0.15) is 17.8 Å². The number of alkyl halides is 3. The molecule has 6 heteroatoms. The van der Waals surface area contributed by atoms with E-state index in [0.717, 1.165) is 0 Å². The lowest BCUT2D eigenvalue weighted by Crippen LogP contribution is -1.98. The van der Waals surface area contributed by atoms with Crippen LogP contribution in [0.2, 0.25) is 5.02 Å². The first-order valence-corrected chi connectivity index (χ1v) is 4.75. The number of hydrogen-bond donors (Lipinski definition) is 0. The lowest BCUT2D eigenvalue weighted by molar-refractivity contribution is 0.145. The minimum Gasteiger partial charge on any atom is -0.249 e. The van der Waals surface area contributed by atoms with Gasteiger partial charge in [-0.25, -0.2) is 18.2 Å². The number of nitrogens with zero attached hydrogens (tertiary/aromatic N) is 1. The molecule has 0 atom stereocenters. The molecule has 0 aliphatic rings. The highest BCUT2D eigenvalue weighted by Gasteiger charge is 2.15. The first-order valence-electron chi connectivity index (χ1n) is 3.25. The average molecular weight is 274 g/mol. The van der Waals surface area contributed by atoms with Crippen LogP contribution < -0.4 is 0 Å². The summed E-state index contributed by atoms with van der Waals surface area (Å²) in [4.78, 5) is 3.48. The Hall–Kier alpha value is -0.290. The molecule has 0 spiro atoms. The van der Waals surface area contributed by atoms with Gasteiger partial charge in [0.15, 0.2) is 0 Å². The quantitative estimate of drug-likeness (QED) is 0.749. The van der Waals surface area contributed by atoms with Crippen LogP contribution in [0.25, 0.3) is 0 Å². The molecule has 1 heterocycles. The Balaban J connectivity index is 3.22. The molecule has 72 valence electrons. The van der Waals surface area contributed by atoms with Crippen molar-refractivity contribution in [3.05, 3.63) is 28.3 Å². The molecule has 13 heavy (non-hydrogen) atoms. The molecular formula is C7H4BrClF3N. The van der Waals surface area contributed by atoms with Gasteiger partial charge < -0.3 is 0 Å². The summed E-state index contributed by atoms with van der Waals surface area (Å²) in [5.41, 5.74) is -0.520. The molecule has 1 rings (SSSR count). The molecule has 0 radical (unpaired) electrons. The van der Waals surface area contributed by atoms with E-state index in [1.165, 1.54) is 0 Å². The molecule has 1 aromatic rings. The van der Waals surface area contributed by atoms with Gasteiger partial charge in [0.25, 0.3) is 6.43 Å². The first-order chi connectivity index (χ1) is 6.06. The first kappa shape index (κ1) is 10.8. The van der Waals surface area contributed by atoms with E-state index in [-0.39, 0.29) is 16.0 Å². The standard InChI is InChI=1S/C7H4BrClF3N/c8-2-5-6(9)3(10)1-4(13-5)7(11)12/h1,7H,2H2. The number of rotatable bonds is 2. The third kappa shape index (κ3) is 2.34. The Morgan fingerprint density at radius 3 is 2.62 bits per heavy atom. The Bertz CT molecular complexity index is 319. The molecule has 0 aromatic carbocycles. The van der Waals surface area contributed by atoms with E-state index in [1.54, 1.807) is 0 Å². The van der Waals surface area contributed by atoms with Gasteiger partial charge in [0.2, 0.25) is 0 Å². The largest absolute Gasteiger partial charge is 0.280 e. The zero-order chi connectivity index (χ0) is 10.0. The summed E-state index contributed by atoms with van der Waals surface area (Å²) in [5.74, 6) is -0.874. The van der Waals surface area contributed by atoms with Crippen LogP contribution in [0.3, 0.4) is 0 Å². The van der Waals surface area contributed by atoms with Crippen molar-refractivity contribution in [2.45, 2.75) is 11.8 Å². The second kappa shape index (κ2) is 4.28. The topological polar surface area (TPSA) is 12.9 Å². The molecule has 0 bridgehead atoms. The molecule has 0 amide bonds. The van der Waals surface area contributed by atoms with Gasteiger partial charge in [0, 0.05) is 11.4 Å². The number of halogens is 5. The molecule has 0 saturated carbocycles. The van der Waals surface area contributed by atoms with Gasteiger partial charge in [0.05, 0.1) is 10.7 Å². The zero-order valence-corrected chi connectivity index (χ0v) is 8.54. The average Bonchev–Trinajstić information content (AvgIpc) is 2.09. The lowest BCUT2D eigenvalue weighted by atomic mass is 10.3. The van der Waals surface area contributed by atoms with Gasteiger partial charge in [-0.3, -0.25) is 0 Å². The van der Waals surface area contributed by atoms with Crippen molar-refractivity contribution in [3.8, 4) is 0 Å². The summed E-state index contributed by atoms with van der Waals surface area (Å²) in [5, 5.41) is -0.0789. The maximum Gasteiger partial charge on any atom is 0.280 e. The van der Waals surface area contributed by atoms with Crippen molar-refractivity contribution in [1.29, 1.82) is 0 Å². The fourth-order valence-corrected chi connectivity index (χ4v) is 1.50. The van der Waals surface area contributed by atoms with Crippen molar-refractivity contribution < 1.29 is 13.2 Å². The minimum atomic E-state index is -2.79. The maximum atomic E-state index is 12.9. The van der Waals surface area contributed by atoms with Gasteiger partial charge in [-0.2, -0.15) is 0 Å². The van der Waals surface area contributed by atoms with E-state index in [2.05, 4.69) is 20.9 Å². The predicted octanol–water partition coefficient (Wildman–Crippen LogP) is 3.71. The smallest absolute Gasteiger partial charge is 0.249 e. The molecule has 0 aliphatic carbocycles. The second-order valence-corrected chi connectivity index (χ2v) is 3.16. The summed E-state index contributed by atoms with van der Waals surface area (Å²) in [6, 6.07) is 0.638. The summed E-state index contributed by atoms with van der Waals surface area (Å²) in [6.07, 6.45) is -2.79. The number of pyridine rings is 1. The summed E-state index contributed by atoms with van der Waals surface area (Å²) >= 11 is 8.42. The Kier molecular flexibility index (Phi) is 3.55. The molecular weight excluding hydrogens is 270 g/mol. The van der Waals surface area contributed by atoms with Crippen LogP contribution in [0.5, 0.6) is 0 Å². The second-order valence-electron chi connectivity index (χ2n) is 2.22. The summed E-state index contributed by atoms with van der Waals surface area (Å²) in [6.45, 7) is 0. The van der Waals surface area contributed by atoms with Crippen LogP contribution >= 0.6 is 27.5 Å². The van der Waals surface area contributed by atoms with Crippen molar-refractivity contribution in [3.63, 3.8) is 0 Å². The molecule has 0 saturated heterocycles. The predicted molar refractivity (Wildman–Crippen MR) is 46.8 cm³/mol. The lowest BCUT2D eigenvalue weighted by Gasteiger charge is -2.04. The van der Waals surface area contributed by atoms with E-state index in [9.17, 15) is 13.2 Å². The molecule has 0 N–H and O–H groups in total. The van der Waals surface area contributed by atoms with Crippen molar-refractivity contribution in [1.82, 2.24) is 4.98 Å². The van der Waals surface area contributed by atoms with E-state index in [4.69, 9.17) is 11.6 Å². The maximum absolute atomic E-state index is 12.9. The zero-order valence-electron chi connectivity index (χ0n) is 6.20. The van der Waals surface area contributed by atoms with Crippen LogP contribution in [-0.4, -0.2) is 4.98 Å². The van der Waals surface area contributed by atoms with E-state index in [0.29, 0.717) is 6.07 Å². The van der Waals surface area contributed by atoms with E-state index >= 15 is 0 Å². The van der Waals surface area contributed by atoms with Crippen molar-refractivity contribution >= 4 is 27.5 Å². The molecule has 0 aliphatic heterocycles. The van der Waals surface area contributed by atoms with Gasteiger partial charge in [-0.1, -0.05) is 27.5 Å². The summed E-state index contributed by atoms with van der Waals surface area (Å²) < 4.78 is 37.1. The highest BCUT2D eigenvalue weighted by molar-refractivity contribution is 9.08. The molecule has 0 unspecified atom stereocenters.